The highest BCUT2D eigenvalue weighted by atomic mass is 16.3. The molecule has 1 fully saturated rings. The van der Waals surface area contributed by atoms with Crippen molar-refractivity contribution in [2.24, 2.45) is 5.92 Å². The largest absolute Gasteiger partial charge is 0.508 e. The third kappa shape index (κ3) is 2.25. The molecule has 0 amide bonds. The third-order valence-corrected chi connectivity index (χ3v) is 3.40. The Morgan fingerprint density at radius 3 is 2.47 bits per heavy atom. The summed E-state index contributed by atoms with van der Waals surface area (Å²) in [7, 11) is 0. The van der Waals surface area contributed by atoms with Crippen LogP contribution < -0.4 is 0 Å². The van der Waals surface area contributed by atoms with E-state index >= 15 is 0 Å². The topological polar surface area (TPSA) is 40.5 Å². The summed E-state index contributed by atoms with van der Waals surface area (Å²) in [5.74, 6) is 1.12. The number of hydrogen-bond acceptors (Lipinski definition) is 2. The standard InChI is InChI=1S/C13H18O2/c1-9-6-11(14)8-13(15)12(9)7-10-4-2-3-5-10/h6,8,10,14-15H,2-5,7H2,1H3. The summed E-state index contributed by atoms with van der Waals surface area (Å²) < 4.78 is 0. The van der Waals surface area contributed by atoms with Crippen LogP contribution in [-0.2, 0) is 6.42 Å². The van der Waals surface area contributed by atoms with E-state index in [1.165, 1.54) is 31.7 Å². The molecule has 1 aromatic carbocycles. The summed E-state index contributed by atoms with van der Waals surface area (Å²) in [5, 5.41) is 19.1. The maximum Gasteiger partial charge on any atom is 0.122 e. The number of aromatic hydroxyl groups is 2. The van der Waals surface area contributed by atoms with E-state index in [1.807, 2.05) is 6.92 Å². The average molecular weight is 206 g/mol. The van der Waals surface area contributed by atoms with Crippen molar-refractivity contribution < 1.29 is 10.2 Å². The first-order chi connectivity index (χ1) is 7.16. The molecule has 1 saturated carbocycles. The molecule has 15 heavy (non-hydrogen) atoms. The van der Waals surface area contributed by atoms with Crippen LogP contribution in [0.4, 0.5) is 0 Å². The lowest BCUT2D eigenvalue weighted by atomic mass is 9.94. The van der Waals surface area contributed by atoms with Gasteiger partial charge >= 0.3 is 0 Å². The molecule has 0 saturated heterocycles. The minimum atomic E-state index is 0.153. The van der Waals surface area contributed by atoms with Gasteiger partial charge in [-0.05, 0) is 36.5 Å². The Labute approximate surface area is 90.6 Å². The van der Waals surface area contributed by atoms with Gasteiger partial charge in [0.2, 0.25) is 0 Å². The fourth-order valence-electron chi connectivity index (χ4n) is 2.55. The van der Waals surface area contributed by atoms with Gasteiger partial charge < -0.3 is 10.2 Å². The number of phenols is 2. The van der Waals surface area contributed by atoms with Crippen LogP contribution in [0.3, 0.4) is 0 Å². The van der Waals surface area contributed by atoms with Crippen molar-refractivity contribution in [1.82, 2.24) is 0 Å². The molecule has 1 aliphatic rings. The predicted molar refractivity (Wildman–Crippen MR) is 60.2 cm³/mol. The zero-order valence-electron chi connectivity index (χ0n) is 9.16. The van der Waals surface area contributed by atoms with Crippen LogP contribution in [0.25, 0.3) is 0 Å². The highest BCUT2D eigenvalue weighted by Crippen LogP contribution is 2.34. The number of aryl methyl sites for hydroxylation is 1. The van der Waals surface area contributed by atoms with Crippen LogP contribution in [0.15, 0.2) is 12.1 Å². The van der Waals surface area contributed by atoms with E-state index in [0.29, 0.717) is 0 Å². The van der Waals surface area contributed by atoms with E-state index in [-0.39, 0.29) is 11.5 Å². The van der Waals surface area contributed by atoms with Crippen LogP contribution in [0.2, 0.25) is 0 Å². The monoisotopic (exact) mass is 206 g/mol. The molecule has 2 nitrogen and oxygen atoms in total. The zero-order chi connectivity index (χ0) is 10.8. The van der Waals surface area contributed by atoms with Crippen LogP contribution in [-0.4, -0.2) is 10.2 Å². The second kappa shape index (κ2) is 4.13. The average Bonchev–Trinajstić information content (AvgIpc) is 2.63. The Bertz CT molecular complexity index is 329. The van der Waals surface area contributed by atoms with Gasteiger partial charge in [0.25, 0.3) is 0 Å². The molecule has 0 unspecified atom stereocenters. The lowest BCUT2D eigenvalue weighted by Gasteiger charge is -2.13. The van der Waals surface area contributed by atoms with Crippen molar-refractivity contribution in [2.75, 3.05) is 0 Å². The van der Waals surface area contributed by atoms with Gasteiger partial charge in [-0.25, -0.2) is 0 Å². The third-order valence-electron chi connectivity index (χ3n) is 3.40. The Morgan fingerprint density at radius 1 is 1.20 bits per heavy atom. The van der Waals surface area contributed by atoms with Gasteiger partial charge in [0, 0.05) is 6.07 Å². The zero-order valence-corrected chi connectivity index (χ0v) is 9.16. The maximum atomic E-state index is 9.77. The first-order valence-electron chi connectivity index (χ1n) is 5.68. The lowest BCUT2D eigenvalue weighted by molar-refractivity contribution is 0.437. The Kier molecular flexibility index (Phi) is 2.85. The normalized spacial score (nSPS) is 17.1. The summed E-state index contributed by atoms with van der Waals surface area (Å²) in [4.78, 5) is 0. The van der Waals surface area contributed by atoms with Crippen molar-refractivity contribution in [3.05, 3.63) is 23.3 Å². The quantitative estimate of drug-likeness (QED) is 0.780. The molecule has 2 rings (SSSR count). The molecule has 82 valence electrons. The molecule has 0 heterocycles. The van der Waals surface area contributed by atoms with Crippen molar-refractivity contribution in [3.63, 3.8) is 0 Å². The van der Waals surface area contributed by atoms with Gasteiger partial charge in [-0.15, -0.1) is 0 Å². The van der Waals surface area contributed by atoms with Gasteiger partial charge in [-0.2, -0.15) is 0 Å². The van der Waals surface area contributed by atoms with Gasteiger partial charge in [0.1, 0.15) is 11.5 Å². The molecule has 0 aliphatic heterocycles. The van der Waals surface area contributed by atoms with Gasteiger partial charge in [-0.1, -0.05) is 25.7 Å². The molecule has 0 aromatic heterocycles. The number of rotatable bonds is 2. The highest BCUT2D eigenvalue weighted by molar-refractivity contribution is 5.44. The molecular weight excluding hydrogens is 188 g/mol. The van der Waals surface area contributed by atoms with E-state index in [9.17, 15) is 10.2 Å². The second-order valence-electron chi connectivity index (χ2n) is 4.61. The summed E-state index contributed by atoms with van der Waals surface area (Å²) in [6.07, 6.45) is 6.16. The van der Waals surface area contributed by atoms with Gasteiger partial charge in [-0.3, -0.25) is 0 Å². The maximum absolute atomic E-state index is 9.77. The number of phenolic OH excluding ortho intramolecular Hbond substituents is 2. The smallest absolute Gasteiger partial charge is 0.122 e. The number of benzene rings is 1. The molecule has 2 heteroatoms. The van der Waals surface area contributed by atoms with Gasteiger partial charge in [0.15, 0.2) is 0 Å². The lowest BCUT2D eigenvalue weighted by Crippen LogP contribution is -2.01. The summed E-state index contributed by atoms with van der Waals surface area (Å²) in [6.45, 7) is 1.95. The molecule has 1 aliphatic carbocycles. The second-order valence-corrected chi connectivity index (χ2v) is 4.61. The first kappa shape index (κ1) is 10.3. The van der Waals surface area contributed by atoms with Crippen molar-refractivity contribution in [3.8, 4) is 11.5 Å². The number of hydrogen-bond donors (Lipinski definition) is 2. The summed E-state index contributed by atoms with van der Waals surface area (Å²) in [6, 6.07) is 3.17. The minimum Gasteiger partial charge on any atom is -0.508 e. The van der Waals surface area contributed by atoms with Crippen molar-refractivity contribution in [2.45, 2.75) is 39.0 Å². The SMILES string of the molecule is Cc1cc(O)cc(O)c1CC1CCCC1. The van der Waals surface area contributed by atoms with E-state index in [0.717, 1.165) is 23.5 Å². The Hall–Kier alpha value is -1.18. The Morgan fingerprint density at radius 2 is 1.87 bits per heavy atom. The molecular formula is C13H18O2. The molecule has 0 atom stereocenters. The molecule has 2 N–H and O–H groups in total. The first-order valence-corrected chi connectivity index (χ1v) is 5.68. The fourth-order valence-corrected chi connectivity index (χ4v) is 2.55. The Balaban J connectivity index is 2.19. The fraction of sp³-hybridized carbons (Fsp3) is 0.538. The van der Waals surface area contributed by atoms with Crippen LogP contribution in [0, 0.1) is 12.8 Å². The highest BCUT2D eigenvalue weighted by Gasteiger charge is 2.18. The van der Waals surface area contributed by atoms with E-state index < -0.39 is 0 Å². The van der Waals surface area contributed by atoms with Crippen LogP contribution in [0.1, 0.15) is 36.8 Å². The summed E-state index contributed by atoms with van der Waals surface area (Å²) >= 11 is 0. The molecule has 0 spiro atoms. The summed E-state index contributed by atoms with van der Waals surface area (Å²) in [5.41, 5.74) is 2.01. The van der Waals surface area contributed by atoms with E-state index in [4.69, 9.17) is 0 Å². The molecule has 1 aromatic rings. The van der Waals surface area contributed by atoms with Crippen molar-refractivity contribution >= 4 is 0 Å². The minimum absolute atomic E-state index is 0.153. The van der Waals surface area contributed by atoms with Crippen LogP contribution >= 0.6 is 0 Å². The predicted octanol–water partition coefficient (Wildman–Crippen LogP) is 3.14. The van der Waals surface area contributed by atoms with Crippen LogP contribution in [0.5, 0.6) is 11.5 Å². The molecule has 0 bridgehead atoms. The van der Waals surface area contributed by atoms with Gasteiger partial charge in [0.05, 0.1) is 0 Å². The van der Waals surface area contributed by atoms with E-state index in [1.54, 1.807) is 6.07 Å². The molecule has 0 radical (unpaired) electrons. The van der Waals surface area contributed by atoms with E-state index in [2.05, 4.69) is 0 Å². The van der Waals surface area contributed by atoms with Crippen molar-refractivity contribution in [1.29, 1.82) is 0 Å².